The van der Waals surface area contributed by atoms with Crippen molar-refractivity contribution >= 4 is 23.7 Å². The number of imide groups is 1. The molecule has 3 aromatic rings. The van der Waals surface area contributed by atoms with Crippen LogP contribution in [0.1, 0.15) is 37.7 Å². The van der Waals surface area contributed by atoms with Crippen molar-refractivity contribution in [3.8, 4) is 22.4 Å². The lowest BCUT2D eigenvalue weighted by molar-refractivity contribution is -0.134. The van der Waals surface area contributed by atoms with Crippen LogP contribution in [0, 0.1) is 6.92 Å². The molecule has 2 aliphatic rings. The van der Waals surface area contributed by atoms with E-state index in [-0.39, 0.29) is 12.5 Å². The number of carbonyl (C=O) groups excluding carboxylic acids is 3. The topological polar surface area (TPSA) is 91.4 Å². The number of anilines is 1. The minimum absolute atomic E-state index is 0.302. The molecule has 2 N–H and O–H groups in total. The van der Waals surface area contributed by atoms with Gasteiger partial charge >= 0.3 is 6.03 Å². The van der Waals surface area contributed by atoms with Crippen molar-refractivity contribution in [1.82, 2.24) is 15.2 Å². The fourth-order valence-corrected chi connectivity index (χ4v) is 4.90. The van der Waals surface area contributed by atoms with Crippen LogP contribution >= 0.6 is 0 Å². The number of aromatic nitrogens is 1. The fourth-order valence-electron chi connectivity index (χ4n) is 4.90. The number of aryl methyl sites for hydroxylation is 1. The minimum atomic E-state index is -0.848. The maximum absolute atomic E-state index is 13.0. The zero-order valence-corrected chi connectivity index (χ0v) is 19.7. The van der Waals surface area contributed by atoms with E-state index in [1.165, 1.54) is 0 Å². The van der Waals surface area contributed by atoms with Crippen molar-refractivity contribution in [2.75, 3.05) is 11.9 Å². The molecular formula is C28H28N4O3. The van der Waals surface area contributed by atoms with Gasteiger partial charge in [0.15, 0.2) is 0 Å². The number of carbonyl (C=O) groups is 3. The van der Waals surface area contributed by atoms with Gasteiger partial charge in [-0.3, -0.25) is 14.5 Å². The van der Waals surface area contributed by atoms with Gasteiger partial charge in [-0.1, -0.05) is 79.4 Å². The molecule has 7 heteroatoms. The second-order valence-electron chi connectivity index (χ2n) is 9.37. The Morgan fingerprint density at radius 1 is 0.943 bits per heavy atom. The maximum Gasteiger partial charge on any atom is 0.325 e. The first-order valence-corrected chi connectivity index (χ1v) is 12.0. The monoisotopic (exact) mass is 468 g/mol. The SMILES string of the molecule is Cc1ccc(-c2cc(NC(=O)CN3C(=O)NC4(CCCCC4)C3=O)nc(-c3ccccc3)c2)cc1. The minimum Gasteiger partial charge on any atom is -0.323 e. The highest BCUT2D eigenvalue weighted by atomic mass is 16.2. The summed E-state index contributed by atoms with van der Waals surface area (Å²) in [4.78, 5) is 44.2. The molecule has 4 amide bonds. The van der Waals surface area contributed by atoms with Gasteiger partial charge in [-0.15, -0.1) is 0 Å². The van der Waals surface area contributed by atoms with Crippen LogP contribution in [0.4, 0.5) is 10.6 Å². The number of amides is 4. The summed E-state index contributed by atoms with van der Waals surface area (Å²) < 4.78 is 0. The Morgan fingerprint density at radius 2 is 1.66 bits per heavy atom. The van der Waals surface area contributed by atoms with Gasteiger partial charge in [-0.2, -0.15) is 0 Å². The Labute approximate surface area is 204 Å². The third-order valence-corrected chi connectivity index (χ3v) is 6.80. The largest absolute Gasteiger partial charge is 0.325 e. The molecule has 1 aromatic heterocycles. The summed E-state index contributed by atoms with van der Waals surface area (Å²) in [5.74, 6) is -0.399. The van der Waals surface area contributed by atoms with E-state index in [4.69, 9.17) is 0 Å². The molecule has 0 bridgehead atoms. The molecule has 1 saturated carbocycles. The van der Waals surface area contributed by atoms with Gasteiger partial charge in [0.1, 0.15) is 17.9 Å². The van der Waals surface area contributed by atoms with E-state index >= 15 is 0 Å². The predicted molar refractivity (Wildman–Crippen MR) is 135 cm³/mol. The molecule has 1 aliphatic carbocycles. The highest BCUT2D eigenvalue weighted by Gasteiger charge is 2.51. The zero-order valence-electron chi connectivity index (χ0n) is 19.7. The first-order chi connectivity index (χ1) is 16.9. The molecule has 2 heterocycles. The number of urea groups is 1. The van der Waals surface area contributed by atoms with E-state index in [9.17, 15) is 14.4 Å². The van der Waals surface area contributed by atoms with Crippen LogP contribution in [0.15, 0.2) is 66.7 Å². The van der Waals surface area contributed by atoms with Crippen LogP contribution in [0.5, 0.6) is 0 Å². The van der Waals surface area contributed by atoms with Gasteiger partial charge < -0.3 is 10.6 Å². The molecular weight excluding hydrogens is 440 g/mol. The zero-order chi connectivity index (χ0) is 24.4. The maximum atomic E-state index is 13.0. The van der Waals surface area contributed by atoms with Gasteiger partial charge in [0.2, 0.25) is 5.91 Å². The molecule has 5 rings (SSSR count). The first-order valence-electron chi connectivity index (χ1n) is 12.0. The van der Waals surface area contributed by atoms with E-state index < -0.39 is 17.5 Å². The average molecular weight is 469 g/mol. The summed E-state index contributed by atoms with van der Waals surface area (Å²) in [5.41, 5.74) is 3.85. The quantitative estimate of drug-likeness (QED) is 0.520. The van der Waals surface area contributed by atoms with Gasteiger partial charge in [0.05, 0.1) is 5.69 Å². The molecule has 7 nitrogen and oxygen atoms in total. The predicted octanol–water partition coefficient (Wildman–Crippen LogP) is 4.92. The standard InChI is InChI=1S/C28H28N4O3/c1-19-10-12-20(13-11-19)22-16-23(21-8-4-2-5-9-21)29-24(17-22)30-25(33)18-32-26(34)28(31-27(32)35)14-6-3-7-15-28/h2,4-5,8-13,16-17H,3,6-7,14-15,18H2,1H3,(H,31,35)(H,29,30,33). The Hall–Kier alpha value is -4.00. The fraction of sp³-hybridized carbons (Fsp3) is 0.286. The molecule has 0 radical (unpaired) electrons. The number of hydrogen-bond donors (Lipinski definition) is 2. The van der Waals surface area contributed by atoms with Crippen LogP contribution in [0.25, 0.3) is 22.4 Å². The van der Waals surface area contributed by atoms with E-state index in [1.807, 2.05) is 73.7 Å². The summed E-state index contributed by atoms with van der Waals surface area (Å²) >= 11 is 0. The summed E-state index contributed by atoms with van der Waals surface area (Å²) in [5, 5.41) is 5.65. The van der Waals surface area contributed by atoms with Crippen molar-refractivity contribution in [2.24, 2.45) is 0 Å². The Morgan fingerprint density at radius 3 is 2.37 bits per heavy atom. The van der Waals surface area contributed by atoms with Crippen molar-refractivity contribution < 1.29 is 14.4 Å². The number of rotatable bonds is 5. The molecule has 0 unspecified atom stereocenters. The Bertz CT molecular complexity index is 1270. The van der Waals surface area contributed by atoms with Crippen molar-refractivity contribution in [3.05, 3.63) is 72.3 Å². The van der Waals surface area contributed by atoms with Crippen molar-refractivity contribution in [1.29, 1.82) is 0 Å². The Balaban J connectivity index is 1.39. The van der Waals surface area contributed by atoms with Gasteiger partial charge in [0, 0.05) is 5.56 Å². The van der Waals surface area contributed by atoms with Crippen LogP contribution in [0.3, 0.4) is 0 Å². The molecule has 1 saturated heterocycles. The van der Waals surface area contributed by atoms with Gasteiger partial charge in [-0.05, 0) is 43.0 Å². The lowest BCUT2D eigenvalue weighted by Crippen LogP contribution is -2.48. The summed E-state index contributed by atoms with van der Waals surface area (Å²) in [6, 6.07) is 21.2. The van der Waals surface area contributed by atoms with Crippen LogP contribution in [-0.2, 0) is 9.59 Å². The lowest BCUT2D eigenvalue weighted by atomic mass is 9.82. The normalized spacial score (nSPS) is 16.9. The van der Waals surface area contributed by atoms with E-state index in [0.29, 0.717) is 18.7 Å². The van der Waals surface area contributed by atoms with Crippen molar-refractivity contribution in [3.63, 3.8) is 0 Å². The summed E-state index contributed by atoms with van der Waals surface area (Å²) in [6.07, 6.45) is 4.08. The molecule has 0 atom stereocenters. The highest BCUT2D eigenvalue weighted by Crippen LogP contribution is 2.34. The number of benzene rings is 2. The van der Waals surface area contributed by atoms with Crippen LogP contribution < -0.4 is 10.6 Å². The lowest BCUT2D eigenvalue weighted by Gasteiger charge is -2.30. The second-order valence-corrected chi connectivity index (χ2v) is 9.37. The van der Waals surface area contributed by atoms with Crippen LogP contribution in [-0.4, -0.2) is 39.8 Å². The number of pyridine rings is 1. The molecule has 35 heavy (non-hydrogen) atoms. The molecule has 1 aliphatic heterocycles. The third kappa shape index (κ3) is 4.67. The van der Waals surface area contributed by atoms with E-state index in [2.05, 4.69) is 15.6 Å². The highest BCUT2D eigenvalue weighted by molar-refractivity contribution is 6.10. The molecule has 178 valence electrons. The first kappa shape index (κ1) is 22.8. The van der Waals surface area contributed by atoms with Gasteiger partial charge in [0.25, 0.3) is 5.91 Å². The Kier molecular flexibility index (Phi) is 6.07. The van der Waals surface area contributed by atoms with Crippen molar-refractivity contribution in [2.45, 2.75) is 44.6 Å². The van der Waals surface area contributed by atoms with E-state index in [0.717, 1.165) is 52.1 Å². The number of nitrogens with zero attached hydrogens (tertiary/aromatic N) is 2. The second kappa shape index (κ2) is 9.33. The molecule has 2 aromatic carbocycles. The number of hydrogen-bond acceptors (Lipinski definition) is 4. The average Bonchev–Trinajstić information content (AvgIpc) is 3.09. The third-order valence-electron chi connectivity index (χ3n) is 6.80. The number of nitrogens with one attached hydrogen (secondary N) is 2. The van der Waals surface area contributed by atoms with Crippen LogP contribution in [0.2, 0.25) is 0 Å². The van der Waals surface area contributed by atoms with Gasteiger partial charge in [-0.25, -0.2) is 9.78 Å². The molecule has 2 fully saturated rings. The summed E-state index contributed by atoms with van der Waals surface area (Å²) in [7, 11) is 0. The smallest absolute Gasteiger partial charge is 0.323 e. The van der Waals surface area contributed by atoms with E-state index in [1.54, 1.807) is 0 Å². The summed E-state index contributed by atoms with van der Waals surface area (Å²) in [6.45, 7) is 1.69. The molecule has 1 spiro atoms.